The van der Waals surface area contributed by atoms with Gasteiger partial charge in [0.2, 0.25) is 5.91 Å². The second kappa shape index (κ2) is 9.55. The highest BCUT2D eigenvalue weighted by molar-refractivity contribution is 7.13. The Kier molecular flexibility index (Phi) is 6.87. The predicted molar refractivity (Wildman–Crippen MR) is 109 cm³/mol. The quantitative estimate of drug-likeness (QED) is 0.684. The second-order valence-corrected chi connectivity index (χ2v) is 7.46. The van der Waals surface area contributed by atoms with Gasteiger partial charge in [-0.1, -0.05) is 11.6 Å². The van der Waals surface area contributed by atoms with Crippen LogP contribution in [-0.4, -0.2) is 31.7 Å². The van der Waals surface area contributed by atoms with E-state index in [0.717, 1.165) is 22.7 Å². The molecule has 5 nitrogen and oxygen atoms in total. The van der Waals surface area contributed by atoms with E-state index in [4.69, 9.17) is 9.47 Å². The summed E-state index contributed by atoms with van der Waals surface area (Å²) in [6.45, 7) is 0.706. The van der Waals surface area contributed by atoms with Gasteiger partial charge in [0.05, 0.1) is 26.3 Å². The highest BCUT2D eigenvalue weighted by atomic mass is 32.1. The van der Waals surface area contributed by atoms with E-state index in [1.54, 1.807) is 14.2 Å². The summed E-state index contributed by atoms with van der Waals surface area (Å²) in [6.07, 6.45) is 8.52. The number of benzene rings is 1. The van der Waals surface area contributed by atoms with E-state index in [-0.39, 0.29) is 5.91 Å². The lowest BCUT2D eigenvalue weighted by atomic mass is 9.97. The van der Waals surface area contributed by atoms with Gasteiger partial charge in [-0.3, -0.25) is 4.79 Å². The van der Waals surface area contributed by atoms with Crippen LogP contribution in [0.4, 0.5) is 0 Å². The van der Waals surface area contributed by atoms with Gasteiger partial charge in [-0.05, 0) is 50.3 Å². The molecule has 1 heterocycles. The molecular formula is C21H26N2O3S. The van der Waals surface area contributed by atoms with Crippen LogP contribution in [0.15, 0.2) is 35.2 Å². The maximum absolute atomic E-state index is 12.2. The number of carbonyl (C=O) groups is 1. The predicted octanol–water partition coefficient (Wildman–Crippen LogP) is 4.38. The van der Waals surface area contributed by atoms with Gasteiger partial charge in [0.1, 0.15) is 5.01 Å². The Morgan fingerprint density at radius 1 is 1.22 bits per heavy atom. The Balaban J connectivity index is 1.54. The minimum atomic E-state index is 0.0237. The molecule has 1 amide bonds. The maximum atomic E-state index is 12.2. The van der Waals surface area contributed by atoms with Crippen LogP contribution in [0.3, 0.4) is 0 Å². The zero-order chi connectivity index (χ0) is 19.1. The van der Waals surface area contributed by atoms with E-state index in [1.807, 2.05) is 23.6 Å². The van der Waals surface area contributed by atoms with Crippen molar-refractivity contribution in [3.8, 4) is 22.1 Å². The van der Waals surface area contributed by atoms with Crippen molar-refractivity contribution in [3.05, 3.63) is 40.9 Å². The van der Waals surface area contributed by atoms with Crippen LogP contribution < -0.4 is 14.8 Å². The molecule has 0 atom stereocenters. The molecule has 6 heteroatoms. The molecule has 0 unspecified atom stereocenters. The van der Waals surface area contributed by atoms with Crippen LogP contribution in [0.25, 0.3) is 10.6 Å². The smallest absolute Gasteiger partial charge is 0.226 e. The SMILES string of the molecule is COc1ccc(-c2nc(CC(=O)NCCC3=CCCCC3)cs2)cc1OC. The Hall–Kier alpha value is -2.34. The molecular weight excluding hydrogens is 360 g/mol. The molecule has 0 radical (unpaired) electrons. The van der Waals surface area contributed by atoms with Gasteiger partial charge in [-0.25, -0.2) is 4.98 Å². The summed E-state index contributed by atoms with van der Waals surface area (Å²) in [5.74, 6) is 1.38. The van der Waals surface area contributed by atoms with E-state index in [2.05, 4.69) is 16.4 Å². The van der Waals surface area contributed by atoms with E-state index < -0.39 is 0 Å². The van der Waals surface area contributed by atoms with Gasteiger partial charge in [0, 0.05) is 17.5 Å². The van der Waals surface area contributed by atoms with Gasteiger partial charge in [-0.15, -0.1) is 11.3 Å². The number of ether oxygens (including phenoxy) is 2. The number of aromatic nitrogens is 1. The summed E-state index contributed by atoms with van der Waals surface area (Å²) in [5, 5.41) is 5.82. The molecule has 0 saturated carbocycles. The number of carbonyl (C=O) groups excluding carboxylic acids is 1. The van der Waals surface area contributed by atoms with Crippen molar-refractivity contribution in [1.82, 2.24) is 10.3 Å². The average Bonchev–Trinajstić information content (AvgIpc) is 3.16. The number of hydrogen-bond donors (Lipinski definition) is 1. The monoisotopic (exact) mass is 386 g/mol. The molecule has 1 N–H and O–H groups in total. The van der Waals surface area contributed by atoms with Crippen molar-refractivity contribution in [1.29, 1.82) is 0 Å². The number of nitrogens with one attached hydrogen (secondary N) is 1. The normalized spacial score (nSPS) is 13.8. The van der Waals surface area contributed by atoms with Crippen LogP contribution in [0, 0.1) is 0 Å². The second-order valence-electron chi connectivity index (χ2n) is 6.60. The highest BCUT2D eigenvalue weighted by Gasteiger charge is 2.12. The molecule has 1 aromatic heterocycles. The molecule has 2 aromatic rings. The van der Waals surface area contributed by atoms with Gasteiger partial charge in [0.15, 0.2) is 11.5 Å². The first kappa shape index (κ1) is 19.4. The first-order valence-corrected chi connectivity index (χ1v) is 10.2. The van der Waals surface area contributed by atoms with E-state index >= 15 is 0 Å². The molecule has 0 fully saturated rings. The van der Waals surface area contributed by atoms with Crippen molar-refractivity contribution in [2.24, 2.45) is 0 Å². The van der Waals surface area contributed by atoms with Crippen molar-refractivity contribution in [2.75, 3.05) is 20.8 Å². The van der Waals surface area contributed by atoms with Crippen LogP contribution in [0.5, 0.6) is 11.5 Å². The summed E-state index contributed by atoms with van der Waals surface area (Å²) < 4.78 is 10.6. The fraction of sp³-hybridized carbons (Fsp3) is 0.429. The molecule has 3 rings (SSSR count). The fourth-order valence-corrected chi connectivity index (χ4v) is 4.03. The molecule has 0 saturated heterocycles. The average molecular weight is 387 g/mol. The lowest BCUT2D eigenvalue weighted by Gasteiger charge is -2.12. The lowest BCUT2D eigenvalue weighted by molar-refractivity contribution is -0.120. The van der Waals surface area contributed by atoms with Gasteiger partial charge >= 0.3 is 0 Å². The molecule has 1 aliphatic rings. The number of hydrogen-bond acceptors (Lipinski definition) is 5. The van der Waals surface area contributed by atoms with Crippen LogP contribution in [0.2, 0.25) is 0 Å². The Morgan fingerprint density at radius 2 is 2.07 bits per heavy atom. The molecule has 0 bridgehead atoms. The number of nitrogens with zero attached hydrogens (tertiary/aromatic N) is 1. The summed E-state index contributed by atoms with van der Waals surface area (Å²) >= 11 is 1.53. The standard InChI is InChI=1S/C21H26N2O3S/c1-25-18-9-8-16(12-19(18)26-2)21-23-17(14-27-21)13-20(24)22-11-10-15-6-4-3-5-7-15/h6,8-9,12,14H,3-5,7,10-11,13H2,1-2H3,(H,22,24). The van der Waals surface area contributed by atoms with Crippen molar-refractivity contribution >= 4 is 17.2 Å². The van der Waals surface area contributed by atoms with Gasteiger partial charge in [0.25, 0.3) is 0 Å². The number of methoxy groups -OCH3 is 2. The number of thiazole rings is 1. The zero-order valence-electron chi connectivity index (χ0n) is 15.9. The summed E-state index contributed by atoms with van der Waals surface area (Å²) in [5.41, 5.74) is 3.22. The van der Waals surface area contributed by atoms with Crippen molar-refractivity contribution in [3.63, 3.8) is 0 Å². The number of amides is 1. The first-order chi connectivity index (χ1) is 13.2. The molecule has 27 heavy (non-hydrogen) atoms. The van der Waals surface area contributed by atoms with Crippen LogP contribution in [0.1, 0.15) is 37.8 Å². The van der Waals surface area contributed by atoms with Crippen LogP contribution >= 0.6 is 11.3 Å². The van der Waals surface area contributed by atoms with Gasteiger partial charge in [-0.2, -0.15) is 0 Å². The van der Waals surface area contributed by atoms with Crippen LogP contribution in [-0.2, 0) is 11.2 Å². The molecule has 0 spiro atoms. The fourth-order valence-electron chi connectivity index (χ4n) is 3.21. The van der Waals surface area contributed by atoms with Crippen molar-refractivity contribution in [2.45, 2.75) is 38.5 Å². The highest BCUT2D eigenvalue weighted by Crippen LogP contribution is 2.33. The molecule has 1 aromatic carbocycles. The molecule has 1 aliphatic carbocycles. The summed E-state index contributed by atoms with van der Waals surface area (Å²) in [6, 6.07) is 5.71. The summed E-state index contributed by atoms with van der Waals surface area (Å²) in [4.78, 5) is 16.8. The maximum Gasteiger partial charge on any atom is 0.226 e. The summed E-state index contributed by atoms with van der Waals surface area (Å²) in [7, 11) is 3.23. The lowest BCUT2D eigenvalue weighted by Crippen LogP contribution is -2.26. The van der Waals surface area contributed by atoms with E-state index in [1.165, 1.54) is 42.6 Å². The van der Waals surface area contributed by atoms with E-state index in [0.29, 0.717) is 24.5 Å². The van der Waals surface area contributed by atoms with Crippen molar-refractivity contribution < 1.29 is 14.3 Å². The Labute approximate surface area is 164 Å². The minimum absolute atomic E-state index is 0.0237. The largest absolute Gasteiger partial charge is 0.493 e. The van der Waals surface area contributed by atoms with Gasteiger partial charge < -0.3 is 14.8 Å². The minimum Gasteiger partial charge on any atom is -0.493 e. The molecule has 0 aliphatic heterocycles. The topological polar surface area (TPSA) is 60.5 Å². The Morgan fingerprint density at radius 3 is 2.81 bits per heavy atom. The third-order valence-electron chi connectivity index (χ3n) is 4.68. The first-order valence-electron chi connectivity index (χ1n) is 9.31. The molecule has 144 valence electrons. The Bertz CT molecular complexity index is 814. The zero-order valence-corrected chi connectivity index (χ0v) is 16.7. The van der Waals surface area contributed by atoms with E-state index in [9.17, 15) is 4.79 Å². The third-order valence-corrected chi connectivity index (χ3v) is 5.62. The number of allylic oxidation sites excluding steroid dienone is 1. The third kappa shape index (κ3) is 5.32. The number of rotatable bonds is 8.